The molecule has 3 rings (SSSR count). The van der Waals surface area contributed by atoms with E-state index in [0.29, 0.717) is 19.4 Å². The molecule has 176 valence electrons. The molecular weight excluding hydrogens is 432 g/mol. The number of benzene rings is 1. The molecule has 1 saturated heterocycles. The highest BCUT2D eigenvalue weighted by Crippen LogP contribution is 2.33. The number of carbonyl (C=O) groups excluding carboxylic acids is 6. The lowest BCUT2D eigenvalue weighted by Gasteiger charge is -2.27. The maximum Gasteiger partial charge on any atom is 0.266 e. The number of nitrogens with zero attached hydrogens (tertiary/aromatic N) is 1. The number of amides is 6. The zero-order valence-electron chi connectivity index (χ0n) is 18.3. The van der Waals surface area contributed by atoms with Crippen molar-refractivity contribution in [2.24, 2.45) is 0 Å². The van der Waals surface area contributed by atoms with Gasteiger partial charge in [-0.3, -0.25) is 39.0 Å². The molecule has 1 aromatic carbocycles. The highest BCUT2D eigenvalue weighted by molar-refractivity contribution is 6.24. The Morgan fingerprint density at radius 2 is 1.88 bits per heavy atom. The summed E-state index contributed by atoms with van der Waals surface area (Å²) in [5.41, 5.74) is 0.0768. The number of hydrogen-bond acceptors (Lipinski definition) is 7. The van der Waals surface area contributed by atoms with Crippen molar-refractivity contribution < 1.29 is 33.5 Å². The van der Waals surface area contributed by atoms with Crippen molar-refractivity contribution in [3.05, 3.63) is 29.3 Å². The molecule has 3 N–H and O–H groups in total. The summed E-state index contributed by atoms with van der Waals surface area (Å²) >= 11 is 0. The van der Waals surface area contributed by atoms with Gasteiger partial charge < -0.3 is 15.4 Å². The minimum atomic E-state index is -1.07. The van der Waals surface area contributed by atoms with Gasteiger partial charge in [0.15, 0.2) is 6.61 Å². The van der Waals surface area contributed by atoms with Gasteiger partial charge in [-0.15, -0.1) is 0 Å². The average Bonchev–Trinajstić information content (AvgIpc) is 3.05. The maximum absolute atomic E-state index is 13.0. The molecule has 2 aliphatic heterocycles. The Kier molecular flexibility index (Phi) is 7.75. The van der Waals surface area contributed by atoms with E-state index in [9.17, 15) is 28.8 Å². The van der Waals surface area contributed by atoms with E-state index in [1.54, 1.807) is 7.05 Å². The number of carbonyl (C=O) groups is 6. The number of unbranched alkanes of at least 4 members (excludes halogenated alkanes) is 2. The first kappa shape index (κ1) is 23.9. The lowest BCUT2D eigenvalue weighted by molar-refractivity contribution is -0.136. The third kappa shape index (κ3) is 5.54. The van der Waals surface area contributed by atoms with Gasteiger partial charge in [-0.2, -0.15) is 0 Å². The van der Waals surface area contributed by atoms with E-state index < -0.39 is 35.6 Å². The summed E-state index contributed by atoms with van der Waals surface area (Å²) in [5, 5.41) is 7.39. The molecule has 1 atom stereocenters. The van der Waals surface area contributed by atoms with Crippen molar-refractivity contribution in [3.8, 4) is 5.75 Å². The number of nitrogens with one attached hydrogen (secondary N) is 3. The summed E-state index contributed by atoms with van der Waals surface area (Å²) in [6, 6.07) is 3.38. The molecule has 11 nitrogen and oxygen atoms in total. The molecule has 11 heteroatoms. The summed E-state index contributed by atoms with van der Waals surface area (Å²) in [7, 11) is 1.58. The third-order valence-corrected chi connectivity index (χ3v) is 5.47. The molecule has 0 radical (unpaired) electrons. The van der Waals surface area contributed by atoms with E-state index in [0.717, 1.165) is 17.7 Å². The van der Waals surface area contributed by atoms with Crippen molar-refractivity contribution in [1.29, 1.82) is 0 Å². The van der Waals surface area contributed by atoms with Crippen LogP contribution in [0.4, 0.5) is 0 Å². The molecule has 1 unspecified atom stereocenters. The lowest BCUT2D eigenvalue weighted by atomic mass is 10.0. The number of imide groups is 2. The zero-order valence-corrected chi connectivity index (χ0v) is 18.3. The van der Waals surface area contributed by atoms with Crippen molar-refractivity contribution in [1.82, 2.24) is 20.9 Å². The standard InChI is InChI=1S/C22H26N4O7/c1-23-16(27)8-3-2-4-11-24-18(29)12-33-15-7-5-6-13-19(15)22(32)26(21(13)31)14-9-10-17(28)25-20(14)30/h5-7,14H,2-4,8-12H2,1H3,(H,23,27)(H,24,29)(H,25,28,30). The topological polar surface area (TPSA) is 151 Å². The molecule has 0 saturated carbocycles. The summed E-state index contributed by atoms with van der Waals surface area (Å²) in [6.45, 7) is 0.0676. The Morgan fingerprint density at radius 3 is 2.61 bits per heavy atom. The van der Waals surface area contributed by atoms with Crippen LogP contribution in [0.1, 0.15) is 59.2 Å². The number of ether oxygens (including phenoxy) is 1. The van der Waals surface area contributed by atoms with Crippen LogP contribution in [0.2, 0.25) is 0 Å². The largest absolute Gasteiger partial charge is 0.483 e. The van der Waals surface area contributed by atoms with E-state index in [-0.39, 0.29) is 42.2 Å². The predicted molar refractivity (Wildman–Crippen MR) is 114 cm³/mol. The Labute approximate surface area is 190 Å². The molecule has 6 amide bonds. The molecule has 0 aliphatic carbocycles. The van der Waals surface area contributed by atoms with Crippen LogP contribution in [-0.2, 0) is 19.2 Å². The molecule has 0 spiro atoms. The van der Waals surface area contributed by atoms with Crippen LogP contribution in [0.3, 0.4) is 0 Å². The van der Waals surface area contributed by atoms with Gasteiger partial charge in [-0.1, -0.05) is 12.5 Å². The molecule has 33 heavy (non-hydrogen) atoms. The Bertz CT molecular complexity index is 991. The second-order valence-electron chi connectivity index (χ2n) is 7.75. The highest BCUT2D eigenvalue weighted by Gasteiger charge is 2.46. The smallest absolute Gasteiger partial charge is 0.266 e. The Balaban J connectivity index is 1.54. The molecule has 0 bridgehead atoms. The second-order valence-corrected chi connectivity index (χ2v) is 7.75. The fourth-order valence-corrected chi connectivity index (χ4v) is 3.74. The van der Waals surface area contributed by atoms with Crippen LogP contribution in [0.25, 0.3) is 0 Å². The van der Waals surface area contributed by atoms with Gasteiger partial charge in [-0.25, -0.2) is 0 Å². The summed E-state index contributed by atoms with van der Waals surface area (Å²) < 4.78 is 5.51. The van der Waals surface area contributed by atoms with E-state index in [1.807, 2.05) is 0 Å². The highest BCUT2D eigenvalue weighted by atomic mass is 16.5. The van der Waals surface area contributed by atoms with Gasteiger partial charge in [0.2, 0.25) is 17.7 Å². The molecule has 1 fully saturated rings. The van der Waals surface area contributed by atoms with E-state index in [1.165, 1.54) is 18.2 Å². The molecular formula is C22H26N4O7. The number of piperidine rings is 1. The van der Waals surface area contributed by atoms with Crippen LogP contribution in [0.5, 0.6) is 5.75 Å². The summed E-state index contributed by atoms with van der Waals surface area (Å²) in [4.78, 5) is 73.4. The van der Waals surface area contributed by atoms with Crippen LogP contribution >= 0.6 is 0 Å². The van der Waals surface area contributed by atoms with Gasteiger partial charge in [0.1, 0.15) is 11.8 Å². The van der Waals surface area contributed by atoms with Crippen molar-refractivity contribution in [2.45, 2.75) is 44.6 Å². The van der Waals surface area contributed by atoms with Crippen molar-refractivity contribution in [2.75, 3.05) is 20.2 Å². The second kappa shape index (κ2) is 10.7. The van der Waals surface area contributed by atoms with Gasteiger partial charge >= 0.3 is 0 Å². The quantitative estimate of drug-likeness (QED) is 0.327. The Morgan fingerprint density at radius 1 is 1.09 bits per heavy atom. The van der Waals surface area contributed by atoms with Crippen molar-refractivity contribution >= 4 is 35.4 Å². The first-order valence-corrected chi connectivity index (χ1v) is 10.8. The Hall–Kier alpha value is -3.76. The third-order valence-electron chi connectivity index (χ3n) is 5.47. The van der Waals surface area contributed by atoms with Gasteiger partial charge in [0.05, 0.1) is 11.1 Å². The van der Waals surface area contributed by atoms with E-state index in [2.05, 4.69) is 16.0 Å². The van der Waals surface area contributed by atoms with Gasteiger partial charge in [0, 0.05) is 26.4 Å². The minimum absolute atomic E-state index is 0.00537. The normalized spacial score (nSPS) is 17.5. The van der Waals surface area contributed by atoms with E-state index in [4.69, 9.17) is 4.74 Å². The first-order valence-electron chi connectivity index (χ1n) is 10.8. The zero-order chi connectivity index (χ0) is 24.0. The van der Waals surface area contributed by atoms with Crippen LogP contribution in [-0.4, -0.2) is 66.6 Å². The molecule has 0 aromatic heterocycles. The van der Waals surface area contributed by atoms with Gasteiger partial charge in [0.25, 0.3) is 17.7 Å². The van der Waals surface area contributed by atoms with Crippen molar-refractivity contribution in [3.63, 3.8) is 0 Å². The molecule has 1 aromatic rings. The van der Waals surface area contributed by atoms with Crippen LogP contribution in [0.15, 0.2) is 18.2 Å². The minimum Gasteiger partial charge on any atom is -0.483 e. The monoisotopic (exact) mass is 458 g/mol. The van der Waals surface area contributed by atoms with Crippen LogP contribution < -0.4 is 20.7 Å². The fourth-order valence-electron chi connectivity index (χ4n) is 3.74. The molecule has 2 heterocycles. The number of fused-ring (bicyclic) bond motifs is 1. The van der Waals surface area contributed by atoms with Gasteiger partial charge in [-0.05, 0) is 31.4 Å². The SMILES string of the molecule is CNC(=O)CCCCCNC(=O)COc1cccc2c1C(=O)N(C1CCC(=O)NC1=O)C2=O. The van der Waals surface area contributed by atoms with E-state index >= 15 is 0 Å². The fraction of sp³-hybridized carbons (Fsp3) is 0.455. The summed E-state index contributed by atoms with van der Waals surface area (Å²) in [5.74, 6) is -2.83. The first-order chi connectivity index (χ1) is 15.8. The number of hydrogen-bond donors (Lipinski definition) is 3. The molecule has 2 aliphatic rings. The maximum atomic E-state index is 13.0. The van der Waals surface area contributed by atoms with Crippen LogP contribution in [0, 0.1) is 0 Å². The predicted octanol–water partition coefficient (Wildman–Crippen LogP) is -0.111. The summed E-state index contributed by atoms with van der Waals surface area (Å²) in [6.07, 6.45) is 2.74. The average molecular weight is 458 g/mol. The number of rotatable bonds is 10. The lowest BCUT2D eigenvalue weighted by Crippen LogP contribution is -2.54.